The van der Waals surface area contributed by atoms with E-state index in [1.54, 1.807) is 57.7 Å². The Morgan fingerprint density at radius 3 is 1.89 bits per heavy atom. The summed E-state index contributed by atoms with van der Waals surface area (Å²) in [5.74, 6) is 1.17. The van der Waals surface area contributed by atoms with Crippen LogP contribution in [0.25, 0.3) is 0 Å². The van der Waals surface area contributed by atoms with Crippen molar-refractivity contribution in [2.24, 2.45) is 16.5 Å². The van der Waals surface area contributed by atoms with Gasteiger partial charge >= 0.3 is 0 Å². The molecule has 0 unspecified atom stereocenters. The number of benzene rings is 3. The number of carbonyl (C=O) groups is 2. The predicted molar refractivity (Wildman–Crippen MR) is 171 cm³/mol. The van der Waals surface area contributed by atoms with Gasteiger partial charge in [-0.3, -0.25) is 19.4 Å². The zero-order valence-corrected chi connectivity index (χ0v) is 26.2. The van der Waals surface area contributed by atoms with Gasteiger partial charge in [-0.15, -0.1) is 0 Å². The van der Waals surface area contributed by atoms with Gasteiger partial charge in [0.2, 0.25) is 5.75 Å². The van der Waals surface area contributed by atoms with Gasteiger partial charge < -0.3 is 40.5 Å². The summed E-state index contributed by atoms with van der Waals surface area (Å²) in [5, 5.41) is 2.95. The Labute approximate surface area is 262 Å². The molecule has 3 aromatic carbocycles. The number of hydrogen-bond acceptors (Lipinski definition) is 9. The van der Waals surface area contributed by atoms with Crippen LogP contribution in [-0.4, -0.2) is 89.3 Å². The molecule has 1 aliphatic heterocycles. The number of nitrogens with two attached hydrogens (primary N) is 2. The fourth-order valence-electron chi connectivity index (χ4n) is 5.28. The first-order valence-corrected chi connectivity index (χ1v) is 14.2. The molecular formula is C32H40N6O7. The second-order valence-electron chi connectivity index (χ2n) is 10.3. The van der Waals surface area contributed by atoms with Crippen molar-refractivity contribution in [1.29, 1.82) is 0 Å². The van der Waals surface area contributed by atoms with Crippen LogP contribution >= 0.6 is 0 Å². The van der Waals surface area contributed by atoms with E-state index in [0.29, 0.717) is 47.5 Å². The first-order valence-electron chi connectivity index (χ1n) is 14.2. The molecule has 3 aromatic rings. The van der Waals surface area contributed by atoms with Crippen molar-refractivity contribution >= 4 is 23.5 Å². The van der Waals surface area contributed by atoms with Crippen molar-refractivity contribution in [3.05, 3.63) is 70.8 Å². The summed E-state index contributed by atoms with van der Waals surface area (Å²) in [4.78, 5) is 34.4. The second-order valence-corrected chi connectivity index (χ2v) is 10.3. The number of rotatable bonds is 12. The van der Waals surface area contributed by atoms with Crippen molar-refractivity contribution in [3.63, 3.8) is 0 Å². The number of nitrogens with one attached hydrogen (secondary N) is 1. The number of piperazine rings is 1. The molecule has 13 nitrogen and oxygen atoms in total. The highest BCUT2D eigenvalue weighted by molar-refractivity contribution is 6.08. The first-order chi connectivity index (χ1) is 21.7. The molecule has 4 rings (SSSR count). The summed E-state index contributed by atoms with van der Waals surface area (Å²) in [7, 11) is 7.78. The zero-order valence-electron chi connectivity index (χ0n) is 26.2. The molecular weight excluding hydrogens is 580 g/mol. The largest absolute Gasteiger partial charge is 0.493 e. The first kappa shape index (κ1) is 32.9. The quantitative estimate of drug-likeness (QED) is 0.202. The van der Waals surface area contributed by atoms with Crippen molar-refractivity contribution in [3.8, 4) is 28.7 Å². The Kier molecular flexibility index (Phi) is 11.1. The second kappa shape index (κ2) is 15.1. The molecule has 2 amide bonds. The Hall–Kier alpha value is -5.01. The van der Waals surface area contributed by atoms with E-state index in [2.05, 4.69) is 20.1 Å². The maximum absolute atomic E-state index is 13.5. The summed E-state index contributed by atoms with van der Waals surface area (Å²) >= 11 is 0. The minimum atomic E-state index is -0.616. The molecule has 1 saturated heterocycles. The van der Waals surface area contributed by atoms with E-state index in [9.17, 15) is 9.59 Å². The highest BCUT2D eigenvalue weighted by Crippen LogP contribution is 2.40. The molecule has 0 atom stereocenters. The summed E-state index contributed by atoms with van der Waals surface area (Å²) in [6.07, 6.45) is 0. The smallest absolute Gasteiger partial charge is 0.280 e. The molecule has 0 bridgehead atoms. The monoisotopic (exact) mass is 620 g/mol. The molecule has 45 heavy (non-hydrogen) atoms. The summed E-state index contributed by atoms with van der Waals surface area (Å²) in [6, 6.07) is 13.9. The van der Waals surface area contributed by atoms with Crippen LogP contribution in [0.2, 0.25) is 0 Å². The third-order valence-corrected chi connectivity index (χ3v) is 7.52. The molecule has 5 N–H and O–H groups in total. The minimum Gasteiger partial charge on any atom is -0.493 e. The van der Waals surface area contributed by atoms with Crippen molar-refractivity contribution in [2.75, 3.05) is 67.0 Å². The number of hydrogen-bond donors (Lipinski definition) is 3. The van der Waals surface area contributed by atoms with Crippen molar-refractivity contribution in [1.82, 2.24) is 9.80 Å². The minimum absolute atomic E-state index is 0.230. The van der Waals surface area contributed by atoms with Crippen LogP contribution in [0.3, 0.4) is 0 Å². The van der Waals surface area contributed by atoms with Gasteiger partial charge in [0.15, 0.2) is 29.0 Å². The van der Waals surface area contributed by atoms with Crippen molar-refractivity contribution < 1.29 is 33.3 Å². The van der Waals surface area contributed by atoms with Crippen LogP contribution in [0, 0.1) is 0 Å². The van der Waals surface area contributed by atoms with Crippen LogP contribution in [-0.2, 0) is 13.1 Å². The van der Waals surface area contributed by atoms with Gasteiger partial charge in [-0.1, -0.05) is 18.2 Å². The van der Waals surface area contributed by atoms with E-state index in [4.69, 9.17) is 35.2 Å². The van der Waals surface area contributed by atoms with E-state index in [-0.39, 0.29) is 17.1 Å². The molecule has 0 saturated carbocycles. The lowest BCUT2D eigenvalue weighted by Gasteiger charge is -2.35. The number of nitrogens with zero attached hydrogens (tertiary/aromatic N) is 3. The number of anilines is 1. The van der Waals surface area contributed by atoms with Crippen LogP contribution in [0.5, 0.6) is 28.7 Å². The van der Waals surface area contributed by atoms with Crippen molar-refractivity contribution in [2.45, 2.75) is 13.1 Å². The lowest BCUT2D eigenvalue weighted by Crippen LogP contribution is -2.45. The number of methoxy groups -OCH3 is 5. The molecule has 0 aliphatic carbocycles. The Bertz CT molecular complexity index is 1550. The van der Waals surface area contributed by atoms with E-state index in [1.165, 1.54) is 14.2 Å². The number of ether oxygens (including phenoxy) is 5. The molecule has 0 aromatic heterocycles. The average molecular weight is 621 g/mol. The highest BCUT2D eigenvalue weighted by atomic mass is 16.5. The van der Waals surface area contributed by atoms with Crippen LogP contribution in [0.4, 0.5) is 5.69 Å². The summed E-state index contributed by atoms with van der Waals surface area (Å²) in [6.45, 7) is 4.39. The number of carbonyl (C=O) groups excluding carboxylic acids is 2. The molecule has 1 heterocycles. The lowest BCUT2D eigenvalue weighted by atomic mass is 10.1. The van der Waals surface area contributed by atoms with Crippen LogP contribution in [0.15, 0.2) is 53.5 Å². The zero-order chi connectivity index (χ0) is 32.5. The standard InChI is InChI=1S/C32H40N6O7/c1-41-25-8-6-7-23(28(25)44-4)31(40)35-24-17-20(30(39)36-32(33)34)9-10-21(24)18-37-13-15-38(16-14-37)19-22-11-12-26(42-2)29(45-5)27(22)43-3/h6-12,17H,13-16,18-19H2,1-5H3,(H,35,40)(H4,33,34,36,39). The van der Waals surface area contributed by atoms with Gasteiger partial charge in [0.1, 0.15) is 0 Å². The molecule has 13 heteroatoms. The van der Waals surface area contributed by atoms with Gasteiger partial charge in [0, 0.05) is 56.1 Å². The topological polar surface area (TPSA) is 163 Å². The predicted octanol–water partition coefficient (Wildman–Crippen LogP) is 2.71. The maximum atomic E-state index is 13.5. The fraction of sp³-hybridized carbons (Fsp3) is 0.344. The third-order valence-electron chi connectivity index (χ3n) is 7.52. The van der Waals surface area contributed by atoms with E-state index >= 15 is 0 Å². The SMILES string of the molecule is COc1cccc(C(=O)Nc2cc(C(=O)N=C(N)N)ccc2CN2CCN(Cc3ccc(OC)c(OC)c3OC)CC2)c1OC. The Morgan fingerprint density at radius 1 is 0.733 bits per heavy atom. The Morgan fingerprint density at radius 2 is 1.31 bits per heavy atom. The molecule has 0 spiro atoms. The van der Waals surface area contributed by atoms with Gasteiger partial charge in [-0.25, -0.2) is 0 Å². The molecule has 1 fully saturated rings. The molecule has 1 aliphatic rings. The Balaban J connectivity index is 1.52. The maximum Gasteiger partial charge on any atom is 0.280 e. The summed E-state index contributed by atoms with van der Waals surface area (Å²) < 4.78 is 27.4. The summed E-state index contributed by atoms with van der Waals surface area (Å²) in [5.41, 5.74) is 13.6. The van der Waals surface area contributed by atoms with Gasteiger partial charge in [0.05, 0.1) is 41.1 Å². The third kappa shape index (κ3) is 7.75. The normalized spacial score (nSPS) is 13.4. The van der Waals surface area contributed by atoms with Gasteiger partial charge in [-0.2, -0.15) is 4.99 Å². The van der Waals surface area contributed by atoms with Crippen LogP contribution < -0.4 is 40.5 Å². The average Bonchev–Trinajstić information content (AvgIpc) is 3.05. The number of guanidine groups is 1. The van der Waals surface area contributed by atoms with Gasteiger partial charge in [-0.05, 0) is 35.9 Å². The van der Waals surface area contributed by atoms with E-state index in [0.717, 1.165) is 37.3 Å². The number of para-hydroxylation sites is 1. The number of aliphatic imine (C=N–C) groups is 1. The molecule has 0 radical (unpaired) electrons. The van der Waals surface area contributed by atoms with Gasteiger partial charge in [0.25, 0.3) is 11.8 Å². The lowest BCUT2D eigenvalue weighted by molar-refractivity contribution is 0.0997. The van der Waals surface area contributed by atoms with Crippen LogP contribution in [0.1, 0.15) is 31.8 Å². The fourth-order valence-corrected chi connectivity index (χ4v) is 5.28. The van der Waals surface area contributed by atoms with E-state index in [1.807, 2.05) is 12.1 Å². The highest BCUT2D eigenvalue weighted by Gasteiger charge is 2.23. The van der Waals surface area contributed by atoms with E-state index < -0.39 is 11.8 Å². The number of amides is 2. The molecule has 240 valence electrons.